The molecule has 0 atom stereocenters. The zero-order valence-electron chi connectivity index (χ0n) is 11.2. The van der Waals surface area contributed by atoms with Gasteiger partial charge in [0.25, 0.3) is 0 Å². The Labute approximate surface area is 113 Å². The summed E-state index contributed by atoms with van der Waals surface area (Å²) < 4.78 is 10.9. The lowest BCUT2D eigenvalue weighted by Gasteiger charge is -2.09. The third kappa shape index (κ3) is 3.45. The highest BCUT2D eigenvalue weighted by atomic mass is 16.5. The molecule has 0 aliphatic rings. The number of pyridine rings is 1. The third-order valence-corrected chi connectivity index (χ3v) is 2.85. The largest absolute Gasteiger partial charge is 0.495 e. The predicted molar refractivity (Wildman–Crippen MR) is 74.2 cm³/mol. The van der Waals surface area contributed by atoms with E-state index in [2.05, 4.69) is 4.98 Å². The highest BCUT2D eigenvalue weighted by molar-refractivity contribution is 5.32. The van der Waals surface area contributed by atoms with Crippen LogP contribution in [-0.2, 0) is 13.2 Å². The van der Waals surface area contributed by atoms with Gasteiger partial charge in [0.1, 0.15) is 18.1 Å². The minimum absolute atomic E-state index is 0.417. The fourth-order valence-electron chi connectivity index (χ4n) is 1.75. The summed E-state index contributed by atoms with van der Waals surface area (Å²) in [5.74, 6) is 1.54. The predicted octanol–water partition coefficient (Wildman–Crippen LogP) is 2.44. The molecule has 0 saturated heterocycles. The van der Waals surface area contributed by atoms with E-state index in [1.54, 1.807) is 13.3 Å². The smallest absolute Gasteiger partial charge is 0.141 e. The molecule has 0 spiro atoms. The monoisotopic (exact) mass is 258 g/mol. The third-order valence-electron chi connectivity index (χ3n) is 2.85. The van der Waals surface area contributed by atoms with E-state index in [0.29, 0.717) is 18.9 Å². The molecule has 4 nitrogen and oxygen atoms in total. The molecule has 0 bridgehead atoms. The molecule has 1 aromatic carbocycles. The zero-order chi connectivity index (χ0) is 13.7. The molecule has 0 aliphatic carbocycles. The molecule has 4 heteroatoms. The Morgan fingerprint density at radius 2 is 1.95 bits per heavy atom. The van der Waals surface area contributed by atoms with E-state index in [4.69, 9.17) is 15.2 Å². The number of nitrogens with zero attached hydrogens (tertiary/aromatic N) is 1. The number of methoxy groups -OCH3 is 1. The molecule has 0 unspecified atom stereocenters. The Hall–Kier alpha value is -2.07. The molecule has 0 fully saturated rings. The first-order chi connectivity index (χ1) is 9.22. The Morgan fingerprint density at radius 3 is 2.58 bits per heavy atom. The standard InChI is InChI=1S/C15H18N2O2/c1-11-3-5-14(6-4-11)19-10-13-7-12(8-16)15(18-2)9-17-13/h3-7,9H,8,10,16H2,1-2H3. The van der Waals surface area contributed by atoms with Gasteiger partial charge in [-0.05, 0) is 25.1 Å². The molecule has 100 valence electrons. The van der Waals surface area contributed by atoms with Gasteiger partial charge in [0, 0.05) is 12.1 Å². The van der Waals surface area contributed by atoms with Gasteiger partial charge in [0.2, 0.25) is 0 Å². The maximum Gasteiger partial charge on any atom is 0.141 e. The van der Waals surface area contributed by atoms with Crippen LogP contribution in [0.5, 0.6) is 11.5 Å². The van der Waals surface area contributed by atoms with Gasteiger partial charge in [0.15, 0.2) is 0 Å². The summed E-state index contributed by atoms with van der Waals surface area (Å²) >= 11 is 0. The van der Waals surface area contributed by atoms with Crippen molar-refractivity contribution in [1.82, 2.24) is 4.98 Å². The van der Waals surface area contributed by atoms with Crippen LogP contribution in [0.1, 0.15) is 16.8 Å². The van der Waals surface area contributed by atoms with Crippen LogP contribution in [0.3, 0.4) is 0 Å². The lowest BCUT2D eigenvalue weighted by atomic mass is 10.2. The van der Waals surface area contributed by atoms with Gasteiger partial charge >= 0.3 is 0 Å². The average Bonchev–Trinajstić information content (AvgIpc) is 2.46. The number of rotatable bonds is 5. The second kappa shape index (κ2) is 6.20. The van der Waals surface area contributed by atoms with Gasteiger partial charge in [-0.1, -0.05) is 17.7 Å². The van der Waals surface area contributed by atoms with Gasteiger partial charge in [-0.2, -0.15) is 0 Å². The summed E-state index contributed by atoms with van der Waals surface area (Å²) in [6.45, 7) is 2.88. The van der Waals surface area contributed by atoms with Crippen LogP contribution in [0.15, 0.2) is 36.5 Å². The minimum Gasteiger partial charge on any atom is -0.495 e. The van der Waals surface area contributed by atoms with Gasteiger partial charge < -0.3 is 15.2 Å². The molecular formula is C15H18N2O2. The molecule has 0 aliphatic heterocycles. The maximum absolute atomic E-state index is 5.68. The number of benzene rings is 1. The quantitative estimate of drug-likeness (QED) is 0.895. The maximum atomic E-state index is 5.68. The first-order valence-corrected chi connectivity index (χ1v) is 6.14. The second-order valence-electron chi connectivity index (χ2n) is 4.29. The molecule has 2 N–H and O–H groups in total. The lowest BCUT2D eigenvalue weighted by molar-refractivity contribution is 0.300. The molecular weight excluding hydrogens is 240 g/mol. The molecule has 0 saturated carbocycles. The van der Waals surface area contributed by atoms with Crippen molar-refractivity contribution in [2.45, 2.75) is 20.1 Å². The summed E-state index contributed by atoms with van der Waals surface area (Å²) in [5, 5.41) is 0. The normalized spacial score (nSPS) is 10.3. The van der Waals surface area contributed by atoms with E-state index in [-0.39, 0.29) is 0 Å². The van der Waals surface area contributed by atoms with Crippen molar-refractivity contribution in [3.8, 4) is 11.5 Å². The van der Waals surface area contributed by atoms with Crippen LogP contribution in [0, 0.1) is 6.92 Å². The van der Waals surface area contributed by atoms with E-state index >= 15 is 0 Å². The van der Waals surface area contributed by atoms with Gasteiger partial charge in [0.05, 0.1) is 19.0 Å². The number of hydrogen-bond acceptors (Lipinski definition) is 4. The fraction of sp³-hybridized carbons (Fsp3) is 0.267. The van der Waals surface area contributed by atoms with E-state index < -0.39 is 0 Å². The summed E-state index contributed by atoms with van der Waals surface area (Å²) in [6.07, 6.45) is 1.68. The van der Waals surface area contributed by atoms with Crippen molar-refractivity contribution < 1.29 is 9.47 Å². The first kappa shape index (κ1) is 13.4. The van der Waals surface area contributed by atoms with Crippen LogP contribution in [-0.4, -0.2) is 12.1 Å². The average molecular weight is 258 g/mol. The van der Waals surface area contributed by atoms with Crippen molar-refractivity contribution in [2.24, 2.45) is 5.73 Å². The van der Waals surface area contributed by atoms with Crippen molar-refractivity contribution in [2.75, 3.05) is 7.11 Å². The van der Waals surface area contributed by atoms with Crippen LogP contribution >= 0.6 is 0 Å². The molecule has 0 radical (unpaired) electrons. The van der Waals surface area contributed by atoms with E-state index in [0.717, 1.165) is 17.0 Å². The zero-order valence-corrected chi connectivity index (χ0v) is 11.2. The van der Waals surface area contributed by atoms with Gasteiger partial charge in [-0.25, -0.2) is 0 Å². The number of nitrogens with two attached hydrogens (primary N) is 1. The van der Waals surface area contributed by atoms with Crippen molar-refractivity contribution in [1.29, 1.82) is 0 Å². The van der Waals surface area contributed by atoms with Gasteiger partial charge in [-0.15, -0.1) is 0 Å². The molecule has 19 heavy (non-hydrogen) atoms. The highest BCUT2D eigenvalue weighted by Gasteiger charge is 2.05. The SMILES string of the molecule is COc1cnc(COc2ccc(C)cc2)cc1CN. The second-order valence-corrected chi connectivity index (χ2v) is 4.29. The Bertz CT molecular complexity index is 538. The fourth-order valence-corrected chi connectivity index (χ4v) is 1.75. The number of ether oxygens (including phenoxy) is 2. The topological polar surface area (TPSA) is 57.4 Å². The minimum atomic E-state index is 0.417. The molecule has 2 aromatic rings. The Balaban J connectivity index is 2.05. The summed E-state index contributed by atoms with van der Waals surface area (Å²) in [6, 6.07) is 9.84. The lowest BCUT2D eigenvalue weighted by Crippen LogP contribution is -2.04. The van der Waals surface area contributed by atoms with Crippen LogP contribution in [0.4, 0.5) is 0 Å². The summed E-state index contributed by atoms with van der Waals surface area (Å²) in [5.41, 5.74) is 8.64. The van der Waals surface area contributed by atoms with E-state index in [9.17, 15) is 0 Å². The van der Waals surface area contributed by atoms with Gasteiger partial charge in [-0.3, -0.25) is 4.98 Å². The van der Waals surface area contributed by atoms with Crippen molar-refractivity contribution >= 4 is 0 Å². The van der Waals surface area contributed by atoms with E-state index in [1.165, 1.54) is 5.56 Å². The Kier molecular flexibility index (Phi) is 4.36. The number of hydrogen-bond donors (Lipinski definition) is 1. The van der Waals surface area contributed by atoms with Crippen molar-refractivity contribution in [3.63, 3.8) is 0 Å². The summed E-state index contributed by atoms with van der Waals surface area (Å²) in [4.78, 5) is 4.29. The van der Waals surface area contributed by atoms with E-state index in [1.807, 2.05) is 37.3 Å². The van der Waals surface area contributed by atoms with Crippen LogP contribution in [0.2, 0.25) is 0 Å². The molecule has 1 heterocycles. The van der Waals surface area contributed by atoms with Crippen LogP contribution < -0.4 is 15.2 Å². The molecule has 0 amide bonds. The van der Waals surface area contributed by atoms with Crippen molar-refractivity contribution in [3.05, 3.63) is 53.3 Å². The number of aryl methyl sites for hydroxylation is 1. The van der Waals surface area contributed by atoms with Crippen LogP contribution in [0.25, 0.3) is 0 Å². The molecule has 2 rings (SSSR count). The first-order valence-electron chi connectivity index (χ1n) is 6.14. The summed E-state index contributed by atoms with van der Waals surface area (Å²) in [7, 11) is 1.61. The molecule has 1 aromatic heterocycles. The number of aromatic nitrogens is 1. The Morgan fingerprint density at radius 1 is 1.21 bits per heavy atom. The highest BCUT2D eigenvalue weighted by Crippen LogP contribution is 2.18.